The molecule has 0 bridgehead atoms. The number of carbonyl (C=O) groups excluding carboxylic acids is 3. The van der Waals surface area contributed by atoms with E-state index < -0.39 is 28.8 Å². The van der Waals surface area contributed by atoms with E-state index in [1.807, 2.05) is 56.0 Å². The van der Waals surface area contributed by atoms with E-state index in [9.17, 15) is 14.4 Å². The fourth-order valence-corrected chi connectivity index (χ4v) is 6.99. The molecule has 204 valence electrons. The molecule has 0 saturated carbocycles. The van der Waals surface area contributed by atoms with E-state index >= 15 is 0 Å². The number of fused-ring (bicyclic) bond motifs is 5. The summed E-state index contributed by atoms with van der Waals surface area (Å²) in [5.74, 6) is -0.435. The maximum Gasteiger partial charge on any atom is 0.180 e. The highest BCUT2D eigenvalue weighted by atomic mass is 35.5. The smallest absolute Gasteiger partial charge is 0.180 e. The first-order chi connectivity index (χ1) is 19.0. The molecule has 2 aliphatic heterocycles. The molecule has 6 nitrogen and oxygen atoms in total. The van der Waals surface area contributed by atoms with Gasteiger partial charge in [0.25, 0.3) is 0 Å². The van der Waals surface area contributed by atoms with Crippen molar-refractivity contribution in [1.82, 2.24) is 0 Å². The van der Waals surface area contributed by atoms with Gasteiger partial charge in [-0.05, 0) is 41.5 Å². The summed E-state index contributed by atoms with van der Waals surface area (Å²) >= 11 is 6.35. The van der Waals surface area contributed by atoms with Gasteiger partial charge in [0.2, 0.25) is 0 Å². The fraction of sp³-hybridized carbons (Fsp3) is 0.303. The molecule has 7 heteroatoms. The van der Waals surface area contributed by atoms with E-state index in [2.05, 4.69) is 0 Å². The Bertz CT molecular complexity index is 1580. The molecule has 0 radical (unpaired) electrons. The molecule has 0 amide bonds. The van der Waals surface area contributed by atoms with E-state index in [4.69, 9.17) is 21.1 Å². The van der Waals surface area contributed by atoms with E-state index in [1.165, 1.54) is 7.11 Å². The van der Waals surface area contributed by atoms with Crippen LogP contribution >= 0.6 is 11.6 Å². The minimum absolute atomic E-state index is 0.0677. The van der Waals surface area contributed by atoms with Gasteiger partial charge in [-0.15, -0.1) is 0 Å². The number of Topliss-reactive ketones (excluding diaryl/α,β-unsaturated/α-hetero) is 3. The molecule has 3 aromatic carbocycles. The van der Waals surface area contributed by atoms with Crippen LogP contribution in [0, 0.1) is 10.8 Å². The molecular formula is C33H30ClNO5. The molecule has 1 fully saturated rings. The minimum Gasteiger partial charge on any atom is -0.493 e. The van der Waals surface area contributed by atoms with Gasteiger partial charge >= 0.3 is 0 Å². The lowest BCUT2D eigenvalue weighted by atomic mass is 9.63. The number of halogens is 1. The topological polar surface area (TPSA) is 72.9 Å². The van der Waals surface area contributed by atoms with Crippen molar-refractivity contribution in [2.24, 2.45) is 10.8 Å². The molecule has 0 aromatic heterocycles. The summed E-state index contributed by atoms with van der Waals surface area (Å²) in [6, 6.07) is 16.3. The standard InChI is InChI=1S/C33H30ClNO5/c1-32(2,3)31(38)28-27(19-10-14-24(39-4)25(17-19)40-5)33(29(36)21-8-6-7-9-22(21)30(33)37)26-15-11-18-16-20(34)12-13-23(18)35(26)28/h6-17,26-28H,1-5H3/t26-,27+,28-/m0/s1. The van der Waals surface area contributed by atoms with Gasteiger partial charge in [0.05, 0.1) is 26.3 Å². The SMILES string of the molecule is COc1ccc([C@@H]2[C@@H](C(=O)C(C)(C)C)N3c4ccc(Cl)cc4C=C[C@H]3C23C(=O)c2ccccc2C3=O)cc1OC. The van der Waals surface area contributed by atoms with Gasteiger partial charge in [-0.1, -0.05) is 74.9 Å². The Morgan fingerprint density at radius 2 is 1.55 bits per heavy atom. The molecule has 40 heavy (non-hydrogen) atoms. The predicted octanol–water partition coefficient (Wildman–Crippen LogP) is 6.41. The number of ketones is 3. The largest absolute Gasteiger partial charge is 0.493 e. The highest BCUT2D eigenvalue weighted by Gasteiger charge is 2.72. The van der Waals surface area contributed by atoms with Crippen molar-refractivity contribution in [3.8, 4) is 11.5 Å². The first kappa shape index (κ1) is 26.3. The van der Waals surface area contributed by atoms with E-state index in [1.54, 1.807) is 49.6 Å². The van der Waals surface area contributed by atoms with Crippen LogP contribution in [-0.4, -0.2) is 43.7 Å². The summed E-state index contributed by atoms with van der Waals surface area (Å²) in [6.07, 6.45) is 3.80. The maximum absolute atomic E-state index is 14.7. The Balaban J connectivity index is 1.70. The quantitative estimate of drug-likeness (QED) is 0.347. The van der Waals surface area contributed by atoms with Gasteiger partial charge in [0.15, 0.2) is 28.8 Å². The Kier molecular flexibility index (Phi) is 5.97. The van der Waals surface area contributed by atoms with Crippen LogP contribution in [0.3, 0.4) is 0 Å². The maximum atomic E-state index is 14.7. The second-order valence-corrected chi connectivity index (χ2v) is 12.1. The molecule has 3 atom stereocenters. The average molecular weight is 556 g/mol. The monoisotopic (exact) mass is 555 g/mol. The molecule has 0 N–H and O–H groups in total. The van der Waals surface area contributed by atoms with Crippen molar-refractivity contribution in [2.75, 3.05) is 19.1 Å². The lowest BCUT2D eigenvalue weighted by Crippen LogP contribution is -2.49. The van der Waals surface area contributed by atoms with Crippen molar-refractivity contribution in [2.45, 2.75) is 38.8 Å². The number of rotatable bonds is 4. The molecule has 0 unspecified atom stereocenters. The Morgan fingerprint density at radius 1 is 0.900 bits per heavy atom. The molecule has 3 aromatic rings. The van der Waals surface area contributed by atoms with Gasteiger partial charge in [0.1, 0.15) is 5.41 Å². The zero-order valence-electron chi connectivity index (χ0n) is 23.0. The van der Waals surface area contributed by atoms with E-state index in [0.29, 0.717) is 33.2 Å². The number of methoxy groups -OCH3 is 2. The number of benzene rings is 3. The zero-order chi connectivity index (χ0) is 28.6. The number of hydrogen-bond donors (Lipinski definition) is 0. The third kappa shape index (κ3) is 3.45. The number of carbonyl (C=O) groups is 3. The van der Waals surface area contributed by atoms with Crippen molar-refractivity contribution >= 4 is 40.7 Å². The predicted molar refractivity (Wildman–Crippen MR) is 155 cm³/mol. The lowest BCUT2D eigenvalue weighted by molar-refractivity contribution is -0.127. The highest BCUT2D eigenvalue weighted by Crippen LogP contribution is 2.61. The van der Waals surface area contributed by atoms with Crippen molar-refractivity contribution in [3.63, 3.8) is 0 Å². The first-order valence-corrected chi connectivity index (χ1v) is 13.6. The average Bonchev–Trinajstić information content (AvgIpc) is 3.37. The van der Waals surface area contributed by atoms with Crippen molar-refractivity contribution in [3.05, 3.63) is 94.0 Å². The van der Waals surface area contributed by atoms with Crippen LogP contribution in [0.5, 0.6) is 11.5 Å². The van der Waals surface area contributed by atoms with Crippen LogP contribution < -0.4 is 14.4 Å². The van der Waals surface area contributed by atoms with Crippen LogP contribution in [0.15, 0.2) is 66.7 Å². The Hall–Kier alpha value is -3.90. The molecule has 2 heterocycles. The van der Waals surface area contributed by atoms with E-state index in [-0.39, 0.29) is 17.3 Å². The molecule has 6 rings (SSSR count). The van der Waals surface area contributed by atoms with Crippen LogP contribution in [0.4, 0.5) is 5.69 Å². The minimum atomic E-state index is -1.57. The normalized spacial score (nSPS) is 22.2. The summed E-state index contributed by atoms with van der Waals surface area (Å²) in [5.41, 5.74) is 0.693. The third-order valence-electron chi connectivity index (χ3n) is 8.54. The van der Waals surface area contributed by atoms with Crippen LogP contribution in [0.2, 0.25) is 5.02 Å². The molecule has 1 saturated heterocycles. The Morgan fingerprint density at radius 3 is 2.15 bits per heavy atom. The fourth-order valence-electron chi connectivity index (χ4n) is 6.81. The number of hydrogen-bond acceptors (Lipinski definition) is 6. The molecule has 3 aliphatic rings. The number of nitrogens with zero attached hydrogens (tertiary/aromatic N) is 1. The van der Waals surface area contributed by atoms with Gasteiger partial charge in [0, 0.05) is 33.2 Å². The van der Waals surface area contributed by atoms with Crippen molar-refractivity contribution in [1.29, 1.82) is 0 Å². The first-order valence-electron chi connectivity index (χ1n) is 13.3. The van der Waals surface area contributed by atoms with Gasteiger partial charge in [-0.3, -0.25) is 14.4 Å². The van der Waals surface area contributed by atoms with Gasteiger partial charge in [-0.25, -0.2) is 0 Å². The summed E-state index contributed by atoms with van der Waals surface area (Å²) in [4.78, 5) is 45.8. The van der Waals surface area contributed by atoms with Gasteiger partial charge in [-0.2, -0.15) is 0 Å². The lowest BCUT2D eigenvalue weighted by Gasteiger charge is -2.38. The second kappa shape index (κ2) is 9.07. The molecule has 1 aliphatic carbocycles. The summed E-state index contributed by atoms with van der Waals surface area (Å²) in [6.45, 7) is 5.61. The number of ether oxygens (including phenoxy) is 2. The summed E-state index contributed by atoms with van der Waals surface area (Å²) in [5, 5.41) is 0.561. The summed E-state index contributed by atoms with van der Waals surface area (Å²) < 4.78 is 11.1. The number of anilines is 1. The van der Waals surface area contributed by atoms with Crippen LogP contribution in [0.1, 0.15) is 58.5 Å². The second-order valence-electron chi connectivity index (χ2n) is 11.6. The van der Waals surface area contributed by atoms with Gasteiger partial charge < -0.3 is 14.4 Å². The van der Waals surface area contributed by atoms with Crippen molar-refractivity contribution < 1.29 is 23.9 Å². The molecule has 1 spiro atoms. The van der Waals surface area contributed by atoms with E-state index in [0.717, 1.165) is 11.3 Å². The highest BCUT2D eigenvalue weighted by molar-refractivity contribution is 6.32. The summed E-state index contributed by atoms with van der Waals surface area (Å²) in [7, 11) is 3.09. The zero-order valence-corrected chi connectivity index (χ0v) is 23.8. The third-order valence-corrected chi connectivity index (χ3v) is 8.78. The van der Waals surface area contributed by atoms with Crippen LogP contribution in [0.25, 0.3) is 6.08 Å². The van der Waals surface area contributed by atoms with Crippen LogP contribution in [-0.2, 0) is 4.79 Å². The Labute approximate surface area is 238 Å². The molecular weight excluding hydrogens is 526 g/mol.